The van der Waals surface area contributed by atoms with Gasteiger partial charge < -0.3 is 11.1 Å². The van der Waals surface area contributed by atoms with Crippen molar-refractivity contribution in [3.05, 3.63) is 69.2 Å². The number of hydrogen-bond donors (Lipinski definition) is 2. The fourth-order valence-corrected chi connectivity index (χ4v) is 1.89. The van der Waals surface area contributed by atoms with Crippen LogP contribution in [0.25, 0.3) is 6.08 Å². The zero-order valence-corrected chi connectivity index (χ0v) is 12.1. The first-order valence-electron chi connectivity index (χ1n) is 6.24. The summed E-state index contributed by atoms with van der Waals surface area (Å²) >= 11 is 5.89. The molecule has 112 valence electrons. The van der Waals surface area contributed by atoms with Crippen LogP contribution in [0.15, 0.2) is 48.5 Å². The minimum atomic E-state index is -0.557. The van der Waals surface area contributed by atoms with Crippen LogP contribution in [-0.2, 0) is 4.79 Å². The number of anilines is 2. The molecule has 2 aromatic carbocycles. The van der Waals surface area contributed by atoms with E-state index in [2.05, 4.69) is 5.32 Å². The van der Waals surface area contributed by atoms with Gasteiger partial charge in [-0.2, -0.15) is 0 Å². The van der Waals surface area contributed by atoms with E-state index in [1.165, 1.54) is 24.3 Å². The van der Waals surface area contributed by atoms with Crippen molar-refractivity contribution < 1.29 is 9.72 Å². The maximum absolute atomic E-state index is 11.8. The second-order valence-corrected chi connectivity index (χ2v) is 4.82. The summed E-state index contributed by atoms with van der Waals surface area (Å²) in [4.78, 5) is 21.9. The maximum Gasteiger partial charge on any atom is 0.271 e. The minimum absolute atomic E-state index is 0.100. The predicted octanol–water partition coefficient (Wildman–Crippen LogP) is 3.48. The quantitative estimate of drug-likeness (QED) is 0.390. The molecule has 0 fully saturated rings. The van der Waals surface area contributed by atoms with Gasteiger partial charge in [0, 0.05) is 23.9 Å². The Morgan fingerprint density at radius 2 is 1.91 bits per heavy atom. The molecule has 6 nitrogen and oxygen atoms in total. The number of carbonyl (C=O) groups excluding carboxylic acids is 1. The molecule has 0 radical (unpaired) electrons. The molecule has 22 heavy (non-hydrogen) atoms. The highest BCUT2D eigenvalue weighted by Gasteiger charge is 2.10. The molecule has 3 N–H and O–H groups in total. The fourth-order valence-electron chi connectivity index (χ4n) is 1.67. The Hall–Kier alpha value is -2.86. The number of nitrogen functional groups attached to an aromatic ring is 1. The van der Waals surface area contributed by atoms with Crippen LogP contribution < -0.4 is 11.1 Å². The molecule has 0 bridgehead atoms. The van der Waals surface area contributed by atoms with Gasteiger partial charge in [-0.3, -0.25) is 14.9 Å². The summed E-state index contributed by atoms with van der Waals surface area (Å²) < 4.78 is 0. The lowest BCUT2D eigenvalue weighted by molar-refractivity contribution is -0.384. The van der Waals surface area contributed by atoms with Gasteiger partial charge >= 0.3 is 0 Å². The third kappa shape index (κ3) is 4.07. The lowest BCUT2D eigenvalue weighted by Gasteiger charge is -2.04. The van der Waals surface area contributed by atoms with Gasteiger partial charge in [-0.15, -0.1) is 0 Å². The Morgan fingerprint density at radius 3 is 2.50 bits per heavy atom. The van der Waals surface area contributed by atoms with Crippen molar-refractivity contribution in [1.29, 1.82) is 0 Å². The van der Waals surface area contributed by atoms with Crippen molar-refractivity contribution in [3.63, 3.8) is 0 Å². The van der Waals surface area contributed by atoms with Crippen molar-refractivity contribution in [2.24, 2.45) is 0 Å². The van der Waals surface area contributed by atoms with Gasteiger partial charge in [-0.05, 0) is 29.8 Å². The standard InChI is InChI=1S/C15H12ClN3O3/c16-13-9-12(19(21)22)6-7-14(13)18-15(20)8-3-10-1-4-11(17)5-2-10/h1-9H,17H2,(H,18,20)/b8-3+. The topological polar surface area (TPSA) is 98.3 Å². The first-order chi connectivity index (χ1) is 10.5. The molecule has 0 aliphatic rings. The largest absolute Gasteiger partial charge is 0.399 e. The van der Waals surface area contributed by atoms with Crippen LogP contribution in [0, 0.1) is 10.1 Å². The van der Waals surface area contributed by atoms with E-state index in [0.29, 0.717) is 11.4 Å². The molecule has 7 heteroatoms. The molecule has 0 spiro atoms. The number of nitro groups is 1. The molecule has 0 unspecified atom stereocenters. The number of carbonyl (C=O) groups is 1. The number of nitrogens with zero attached hydrogens (tertiary/aromatic N) is 1. The molecule has 0 aliphatic carbocycles. The van der Waals surface area contributed by atoms with Gasteiger partial charge in [0.15, 0.2) is 0 Å². The molecule has 0 saturated carbocycles. The molecule has 0 atom stereocenters. The SMILES string of the molecule is Nc1ccc(/C=C/C(=O)Nc2ccc([N+](=O)[O-])cc2Cl)cc1. The van der Waals surface area contributed by atoms with E-state index in [1.54, 1.807) is 30.3 Å². The lowest BCUT2D eigenvalue weighted by atomic mass is 10.2. The molecule has 0 heterocycles. The molecular weight excluding hydrogens is 306 g/mol. The van der Waals surface area contributed by atoms with Crippen LogP contribution in [0.2, 0.25) is 5.02 Å². The number of amides is 1. The third-order valence-electron chi connectivity index (χ3n) is 2.78. The van der Waals surface area contributed by atoms with Crippen LogP contribution in [0.4, 0.5) is 17.1 Å². The fraction of sp³-hybridized carbons (Fsp3) is 0. The number of hydrogen-bond acceptors (Lipinski definition) is 4. The summed E-state index contributed by atoms with van der Waals surface area (Å²) in [6, 6.07) is 10.8. The Labute approximate surface area is 131 Å². The van der Waals surface area contributed by atoms with Gasteiger partial charge in [0.2, 0.25) is 5.91 Å². The Bertz CT molecular complexity index is 742. The second-order valence-electron chi connectivity index (χ2n) is 4.41. The summed E-state index contributed by atoms with van der Waals surface area (Å²) in [7, 11) is 0. The van der Waals surface area contributed by atoms with Gasteiger partial charge in [0.1, 0.15) is 0 Å². The highest BCUT2D eigenvalue weighted by Crippen LogP contribution is 2.26. The number of nitro benzene ring substituents is 1. The van der Waals surface area contributed by atoms with Crippen LogP contribution in [0.1, 0.15) is 5.56 Å². The number of nitrogens with one attached hydrogen (secondary N) is 1. The molecular formula is C15H12ClN3O3. The maximum atomic E-state index is 11.8. The van der Waals surface area contributed by atoms with E-state index in [0.717, 1.165) is 5.56 Å². The summed E-state index contributed by atoms with van der Waals surface area (Å²) in [5.74, 6) is -0.396. The van der Waals surface area contributed by atoms with Crippen LogP contribution in [0.3, 0.4) is 0 Å². The van der Waals surface area contributed by atoms with E-state index < -0.39 is 10.8 Å². The summed E-state index contributed by atoms with van der Waals surface area (Å²) in [6.07, 6.45) is 2.96. The van der Waals surface area contributed by atoms with E-state index in [4.69, 9.17) is 17.3 Å². The Balaban J connectivity index is 2.05. The first-order valence-corrected chi connectivity index (χ1v) is 6.62. The van der Waals surface area contributed by atoms with Gasteiger partial charge in [-0.25, -0.2) is 0 Å². The van der Waals surface area contributed by atoms with Crippen molar-refractivity contribution in [2.75, 3.05) is 11.1 Å². The van der Waals surface area contributed by atoms with E-state index in [9.17, 15) is 14.9 Å². The van der Waals surface area contributed by atoms with Gasteiger partial charge in [-0.1, -0.05) is 23.7 Å². The number of non-ortho nitro benzene ring substituents is 1. The Morgan fingerprint density at radius 1 is 1.23 bits per heavy atom. The molecule has 2 rings (SSSR count). The lowest BCUT2D eigenvalue weighted by Crippen LogP contribution is -2.08. The van der Waals surface area contributed by atoms with Crippen LogP contribution in [-0.4, -0.2) is 10.8 Å². The predicted molar refractivity (Wildman–Crippen MR) is 86.6 cm³/mol. The van der Waals surface area contributed by atoms with Gasteiger partial charge in [0.05, 0.1) is 15.6 Å². The highest BCUT2D eigenvalue weighted by molar-refractivity contribution is 6.34. The molecule has 2 aromatic rings. The number of halogens is 1. The smallest absolute Gasteiger partial charge is 0.271 e. The summed E-state index contributed by atoms with van der Waals surface area (Å²) in [6.45, 7) is 0. The zero-order chi connectivity index (χ0) is 16.1. The monoisotopic (exact) mass is 317 g/mol. The number of nitrogens with two attached hydrogens (primary N) is 1. The third-order valence-corrected chi connectivity index (χ3v) is 3.10. The molecule has 0 aliphatic heterocycles. The summed E-state index contributed by atoms with van der Waals surface area (Å²) in [5.41, 5.74) is 7.19. The minimum Gasteiger partial charge on any atom is -0.399 e. The first kappa shape index (κ1) is 15.5. The second kappa shape index (κ2) is 6.73. The average molecular weight is 318 g/mol. The van der Waals surface area contributed by atoms with E-state index >= 15 is 0 Å². The number of rotatable bonds is 4. The molecule has 0 aromatic heterocycles. The van der Waals surface area contributed by atoms with Crippen molar-refractivity contribution in [1.82, 2.24) is 0 Å². The Kier molecular flexibility index (Phi) is 4.75. The van der Waals surface area contributed by atoms with Crippen molar-refractivity contribution >= 4 is 40.6 Å². The number of benzene rings is 2. The van der Waals surface area contributed by atoms with Crippen molar-refractivity contribution in [2.45, 2.75) is 0 Å². The van der Waals surface area contributed by atoms with Gasteiger partial charge in [0.25, 0.3) is 5.69 Å². The average Bonchev–Trinajstić information content (AvgIpc) is 2.48. The normalized spacial score (nSPS) is 10.6. The van der Waals surface area contributed by atoms with Crippen LogP contribution >= 0.6 is 11.6 Å². The summed E-state index contributed by atoms with van der Waals surface area (Å²) in [5, 5.41) is 13.3. The molecule has 1 amide bonds. The van der Waals surface area contributed by atoms with Crippen LogP contribution in [0.5, 0.6) is 0 Å². The van der Waals surface area contributed by atoms with E-state index in [1.807, 2.05) is 0 Å². The molecule has 0 saturated heterocycles. The highest BCUT2D eigenvalue weighted by atomic mass is 35.5. The van der Waals surface area contributed by atoms with E-state index in [-0.39, 0.29) is 10.7 Å². The van der Waals surface area contributed by atoms with Crippen molar-refractivity contribution in [3.8, 4) is 0 Å². The zero-order valence-electron chi connectivity index (χ0n) is 11.3.